The Kier molecular flexibility index (Phi) is 4.84. The summed E-state index contributed by atoms with van der Waals surface area (Å²) in [6.45, 7) is 2.10. The molecular formula is C23H25NO4. The van der Waals surface area contributed by atoms with Gasteiger partial charge in [0.1, 0.15) is 6.61 Å². The van der Waals surface area contributed by atoms with Crippen LogP contribution in [-0.4, -0.2) is 29.8 Å². The van der Waals surface area contributed by atoms with Crippen LogP contribution in [0.5, 0.6) is 0 Å². The van der Waals surface area contributed by atoms with Crippen molar-refractivity contribution in [3.05, 3.63) is 59.7 Å². The van der Waals surface area contributed by atoms with Gasteiger partial charge in [-0.2, -0.15) is 0 Å². The van der Waals surface area contributed by atoms with Crippen LogP contribution in [-0.2, 0) is 9.53 Å². The van der Waals surface area contributed by atoms with Gasteiger partial charge in [-0.3, -0.25) is 4.79 Å². The second kappa shape index (κ2) is 7.30. The average Bonchev–Trinajstić information content (AvgIpc) is 3.26. The first-order valence-electron chi connectivity index (χ1n) is 9.91. The molecule has 5 heteroatoms. The zero-order valence-corrected chi connectivity index (χ0v) is 16.0. The number of amides is 1. The number of hydrogen-bond donors (Lipinski definition) is 2. The number of aliphatic carboxylic acids is 1. The molecule has 5 nitrogen and oxygen atoms in total. The SMILES string of the molecule is CCC1(C(=O)O)CCCC1NC(=O)OCC1c2ccccc2-c2ccccc21. The van der Waals surface area contributed by atoms with E-state index < -0.39 is 17.5 Å². The highest BCUT2D eigenvalue weighted by atomic mass is 16.5. The van der Waals surface area contributed by atoms with Crippen molar-refractivity contribution >= 4 is 12.1 Å². The number of carboxylic acids is 1. The Morgan fingerprint density at radius 3 is 2.29 bits per heavy atom. The van der Waals surface area contributed by atoms with E-state index in [2.05, 4.69) is 29.6 Å². The summed E-state index contributed by atoms with van der Waals surface area (Å²) in [6, 6.07) is 16.0. The third-order valence-corrected chi connectivity index (χ3v) is 6.48. The molecule has 0 bridgehead atoms. The maximum atomic E-state index is 12.5. The second-order valence-corrected chi connectivity index (χ2v) is 7.73. The molecule has 28 heavy (non-hydrogen) atoms. The first-order valence-corrected chi connectivity index (χ1v) is 9.91. The van der Waals surface area contributed by atoms with Crippen LogP contribution in [0.3, 0.4) is 0 Å². The molecule has 0 radical (unpaired) electrons. The van der Waals surface area contributed by atoms with Crippen LogP contribution in [0.1, 0.15) is 49.7 Å². The lowest BCUT2D eigenvalue weighted by Gasteiger charge is -2.30. The van der Waals surface area contributed by atoms with Crippen molar-refractivity contribution in [2.75, 3.05) is 6.61 Å². The third-order valence-electron chi connectivity index (χ3n) is 6.48. The minimum atomic E-state index is -0.883. The predicted molar refractivity (Wildman–Crippen MR) is 106 cm³/mol. The Bertz CT molecular complexity index is 863. The van der Waals surface area contributed by atoms with Crippen LogP contribution in [0.25, 0.3) is 11.1 Å². The number of benzene rings is 2. The maximum Gasteiger partial charge on any atom is 0.407 e. The lowest BCUT2D eigenvalue weighted by molar-refractivity contribution is -0.150. The number of hydrogen-bond acceptors (Lipinski definition) is 3. The van der Waals surface area contributed by atoms with E-state index in [-0.39, 0.29) is 18.6 Å². The highest BCUT2D eigenvalue weighted by Gasteiger charge is 2.48. The first kappa shape index (κ1) is 18.5. The molecule has 2 N–H and O–H groups in total. The van der Waals surface area contributed by atoms with E-state index in [1.807, 2.05) is 31.2 Å². The van der Waals surface area contributed by atoms with E-state index in [4.69, 9.17) is 4.74 Å². The number of carbonyl (C=O) groups excluding carboxylic acids is 1. The maximum absolute atomic E-state index is 12.5. The molecule has 2 aromatic rings. The van der Waals surface area contributed by atoms with Gasteiger partial charge in [0.15, 0.2) is 0 Å². The van der Waals surface area contributed by atoms with Crippen molar-refractivity contribution in [1.82, 2.24) is 5.32 Å². The largest absolute Gasteiger partial charge is 0.481 e. The number of fused-ring (bicyclic) bond motifs is 3. The molecule has 0 aliphatic heterocycles. The number of rotatable bonds is 5. The van der Waals surface area contributed by atoms with Gasteiger partial charge in [0.25, 0.3) is 0 Å². The van der Waals surface area contributed by atoms with Crippen molar-refractivity contribution in [3.63, 3.8) is 0 Å². The van der Waals surface area contributed by atoms with Crippen LogP contribution in [0.15, 0.2) is 48.5 Å². The molecule has 1 fully saturated rings. The molecule has 0 spiro atoms. The van der Waals surface area contributed by atoms with Gasteiger partial charge in [0, 0.05) is 12.0 Å². The Labute approximate surface area is 164 Å². The Morgan fingerprint density at radius 1 is 1.11 bits per heavy atom. The molecule has 0 saturated heterocycles. The van der Waals surface area contributed by atoms with Gasteiger partial charge in [-0.15, -0.1) is 0 Å². The van der Waals surface area contributed by atoms with Gasteiger partial charge >= 0.3 is 12.1 Å². The fourth-order valence-corrected chi connectivity index (χ4v) is 4.90. The minimum Gasteiger partial charge on any atom is -0.481 e. The fourth-order valence-electron chi connectivity index (χ4n) is 4.90. The van der Waals surface area contributed by atoms with Crippen molar-refractivity contribution in [2.45, 2.75) is 44.6 Å². The summed E-state index contributed by atoms with van der Waals surface area (Å²) in [4.78, 5) is 24.3. The summed E-state index contributed by atoms with van der Waals surface area (Å²) in [5.41, 5.74) is 3.79. The minimum absolute atomic E-state index is 0.00265. The van der Waals surface area contributed by atoms with Crippen LogP contribution < -0.4 is 5.32 Å². The molecule has 1 amide bonds. The Morgan fingerprint density at radius 2 is 1.71 bits per heavy atom. The zero-order valence-electron chi connectivity index (χ0n) is 16.0. The van der Waals surface area contributed by atoms with E-state index in [9.17, 15) is 14.7 Å². The van der Waals surface area contributed by atoms with E-state index in [1.54, 1.807) is 0 Å². The van der Waals surface area contributed by atoms with Gasteiger partial charge in [0.05, 0.1) is 5.41 Å². The smallest absolute Gasteiger partial charge is 0.407 e. The number of carboxylic acid groups (broad SMARTS) is 1. The van der Waals surface area contributed by atoms with Gasteiger partial charge in [-0.25, -0.2) is 4.79 Å². The first-order chi connectivity index (χ1) is 13.6. The van der Waals surface area contributed by atoms with Gasteiger partial charge in [-0.05, 0) is 41.5 Å². The van der Waals surface area contributed by atoms with Crippen molar-refractivity contribution in [1.29, 1.82) is 0 Å². The molecule has 146 valence electrons. The second-order valence-electron chi connectivity index (χ2n) is 7.73. The lowest BCUT2D eigenvalue weighted by atomic mass is 9.80. The summed E-state index contributed by atoms with van der Waals surface area (Å²) >= 11 is 0. The number of ether oxygens (including phenoxy) is 1. The zero-order chi connectivity index (χ0) is 19.7. The highest BCUT2D eigenvalue weighted by molar-refractivity contribution is 5.80. The summed E-state index contributed by atoms with van der Waals surface area (Å²) in [7, 11) is 0. The van der Waals surface area contributed by atoms with Crippen LogP contribution in [0.2, 0.25) is 0 Å². The molecule has 0 heterocycles. The molecule has 4 rings (SSSR count). The standard InChI is InChI=1S/C23H25NO4/c1-2-23(21(25)26)13-7-12-20(23)24-22(27)28-14-19-17-10-5-3-8-15(17)16-9-4-6-11-18(16)19/h3-6,8-11,19-20H,2,7,12-14H2,1H3,(H,24,27)(H,25,26). The van der Waals surface area contributed by atoms with Crippen molar-refractivity contribution in [2.24, 2.45) is 5.41 Å². The summed E-state index contributed by atoms with van der Waals surface area (Å²) in [6.07, 6.45) is 2.02. The summed E-state index contributed by atoms with van der Waals surface area (Å²) in [5, 5.41) is 12.5. The molecule has 1 saturated carbocycles. The average molecular weight is 379 g/mol. The van der Waals surface area contributed by atoms with E-state index in [1.165, 1.54) is 11.1 Å². The van der Waals surface area contributed by atoms with Gasteiger partial charge in [-0.1, -0.05) is 61.9 Å². The molecule has 2 atom stereocenters. The third kappa shape index (κ3) is 2.95. The van der Waals surface area contributed by atoms with Gasteiger partial charge in [0.2, 0.25) is 0 Å². The van der Waals surface area contributed by atoms with E-state index in [0.717, 1.165) is 17.5 Å². The highest BCUT2D eigenvalue weighted by Crippen LogP contribution is 2.45. The predicted octanol–water partition coefficient (Wildman–Crippen LogP) is 4.56. The van der Waals surface area contributed by atoms with Gasteiger partial charge < -0.3 is 15.2 Å². The Balaban J connectivity index is 1.47. The molecule has 2 aliphatic rings. The summed E-state index contributed by atoms with van der Waals surface area (Å²) < 4.78 is 5.58. The van der Waals surface area contributed by atoms with Crippen molar-refractivity contribution < 1.29 is 19.4 Å². The van der Waals surface area contributed by atoms with E-state index in [0.29, 0.717) is 19.3 Å². The van der Waals surface area contributed by atoms with Crippen molar-refractivity contribution in [3.8, 4) is 11.1 Å². The molecule has 2 aromatic carbocycles. The van der Waals surface area contributed by atoms with Crippen LogP contribution in [0.4, 0.5) is 4.79 Å². The molecule has 2 unspecified atom stereocenters. The normalized spacial score (nSPS) is 23.1. The number of carbonyl (C=O) groups is 2. The molecular weight excluding hydrogens is 354 g/mol. The fraction of sp³-hybridized carbons (Fsp3) is 0.391. The topological polar surface area (TPSA) is 75.6 Å². The quantitative estimate of drug-likeness (QED) is 0.799. The Hall–Kier alpha value is -2.82. The van der Waals surface area contributed by atoms with Crippen LogP contribution in [0, 0.1) is 5.41 Å². The van der Waals surface area contributed by atoms with E-state index >= 15 is 0 Å². The number of alkyl carbamates (subject to hydrolysis) is 1. The molecule has 0 aromatic heterocycles. The molecule has 2 aliphatic carbocycles. The monoisotopic (exact) mass is 379 g/mol. The van der Waals surface area contributed by atoms with Crippen LogP contribution >= 0.6 is 0 Å². The number of nitrogens with one attached hydrogen (secondary N) is 1. The lowest BCUT2D eigenvalue weighted by Crippen LogP contribution is -2.48. The summed E-state index contributed by atoms with van der Waals surface area (Å²) in [5.74, 6) is -0.839.